The van der Waals surface area contributed by atoms with Crippen molar-refractivity contribution in [1.29, 1.82) is 0 Å². The predicted molar refractivity (Wildman–Crippen MR) is 121 cm³/mol. The molecule has 0 saturated carbocycles. The second kappa shape index (κ2) is 9.26. The van der Waals surface area contributed by atoms with Gasteiger partial charge in [0.2, 0.25) is 0 Å². The first kappa shape index (κ1) is 20.3. The van der Waals surface area contributed by atoms with Crippen LogP contribution in [0.1, 0.15) is 17.3 Å². The lowest BCUT2D eigenvalue weighted by Gasteiger charge is -2.14. The van der Waals surface area contributed by atoms with Crippen molar-refractivity contribution < 1.29 is 9.53 Å². The third-order valence-corrected chi connectivity index (χ3v) is 4.96. The molecular weight excluding hydrogens is 390 g/mol. The Morgan fingerprint density at radius 3 is 2.55 bits per heavy atom. The van der Waals surface area contributed by atoms with E-state index < -0.39 is 0 Å². The number of fused-ring (bicyclic) bond motifs is 1. The summed E-state index contributed by atoms with van der Waals surface area (Å²) in [5.41, 5.74) is 1.92. The monoisotopic (exact) mass is 413 g/mol. The molecule has 31 heavy (non-hydrogen) atoms. The van der Waals surface area contributed by atoms with Crippen molar-refractivity contribution in [3.63, 3.8) is 0 Å². The number of amides is 1. The molecule has 0 unspecified atom stereocenters. The van der Waals surface area contributed by atoms with Gasteiger partial charge in [-0.1, -0.05) is 60.7 Å². The zero-order valence-electron chi connectivity index (χ0n) is 17.2. The highest BCUT2D eigenvalue weighted by atomic mass is 16.5. The summed E-state index contributed by atoms with van der Waals surface area (Å²) in [6.07, 6.45) is 0. The van der Waals surface area contributed by atoms with E-state index in [1.807, 2.05) is 73.7 Å². The van der Waals surface area contributed by atoms with E-state index in [2.05, 4.69) is 10.4 Å². The van der Waals surface area contributed by atoms with E-state index in [4.69, 9.17) is 4.74 Å². The highest BCUT2D eigenvalue weighted by Crippen LogP contribution is 2.28. The Kier molecular flexibility index (Phi) is 6.08. The number of benzene rings is 3. The summed E-state index contributed by atoms with van der Waals surface area (Å²) < 4.78 is 7.06. The molecule has 0 aliphatic rings. The van der Waals surface area contributed by atoms with Crippen LogP contribution in [0, 0.1) is 0 Å². The molecule has 0 saturated heterocycles. The number of hydrogen-bond acceptors (Lipinski definition) is 4. The maximum atomic E-state index is 13.0. The van der Waals surface area contributed by atoms with Gasteiger partial charge < -0.3 is 10.1 Å². The van der Waals surface area contributed by atoms with Crippen molar-refractivity contribution >= 4 is 16.7 Å². The first-order chi connectivity index (χ1) is 15.2. The molecule has 0 bridgehead atoms. The van der Waals surface area contributed by atoms with E-state index in [0.29, 0.717) is 23.6 Å². The Morgan fingerprint density at radius 2 is 1.74 bits per heavy atom. The lowest BCUT2D eigenvalue weighted by atomic mass is 10.0. The molecule has 1 heterocycles. The van der Waals surface area contributed by atoms with Gasteiger partial charge in [0.05, 0.1) is 24.4 Å². The molecule has 3 aromatic carbocycles. The molecule has 4 aromatic rings. The Morgan fingerprint density at radius 1 is 0.968 bits per heavy atom. The molecule has 0 radical (unpaired) electrons. The average Bonchev–Trinajstić information content (AvgIpc) is 2.81. The Balaban J connectivity index is 1.53. The van der Waals surface area contributed by atoms with Crippen molar-refractivity contribution in [2.24, 2.45) is 0 Å². The van der Waals surface area contributed by atoms with Gasteiger partial charge in [-0.05, 0) is 29.8 Å². The standard InChI is InChI=1S/C25H23N3O3/c1-2-31-22-14-12-18-8-6-7-11-20(18)24(22)25(30)26-16-17-28-23(29)15-13-21(27-28)19-9-4-3-5-10-19/h3-15H,2,16-17H2,1H3,(H,26,30). The van der Waals surface area contributed by atoms with Crippen molar-refractivity contribution in [3.8, 4) is 17.0 Å². The van der Waals surface area contributed by atoms with Crippen LogP contribution in [0.2, 0.25) is 0 Å². The van der Waals surface area contributed by atoms with Crippen LogP contribution in [0.25, 0.3) is 22.0 Å². The molecule has 1 N–H and O–H groups in total. The van der Waals surface area contributed by atoms with Crippen LogP contribution in [-0.2, 0) is 6.54 Å². The van der Waals surface area contributed by atoms with Gasteiger partial charge in [0, 0.05) is 18.2 Å². The molecule has 6 nitrogen and oxygen atoms in total. The van der Waals surface area contributed by atoms with E-state index in [1.165, 1.54) is 10.7 Å². The average molecular weight is 413 g/mol. The third-order valence-electron chi connectivity index (χ3n) is 4.96. The maximum absolute atomic E-state index is 13.0. The van der Waals surface area contributed by atoms with Crippen LogP contribution >= 0.6 is 0 Å². The number of ether oxygens (including phenoxy) is 1. The summed E-state index contributed by atoms with van der Waals surface area (Å²) in [5.74, 6) is 0.299. The molecule has 0 fully saturated rings. The van der Waals surface area contributed by atoms with Crippen LogP contribution in [0.3, 0.4) is 0 Å². The van der Waals surface area contributed by atoms with Gasteiger partial charge in [-0.25, -0.2) is 4.68 Å². The smallest absolute Gasteiger partial charge is 0.266 e. The lowest BCUT2D eigenvalue weighted by molar-refractivity contribution is 0.0950. The molecule has 156 valence electrons. The van der Waals surface area contributed by atoms with Gasteiger partial charge in [-0.3, -0.25) is 9.59 Å². The molecule has 0 aliphatic heterocycles. The molecule has 1 amide bonds. The van der Waals surface area contributed by atoms with Crippen LogP contribution < -0.4 is 15.6 Å². The summed E-state index contributed by atoms with van der Waals surface area (Å²) in [6.45, 7) is 2.87. The van der Waals surface area contributed by atoms with Crippen molar-refractivity contribution in [2.75, 3.05) is 13.2 Å². The van der Waals surface area contributed by atoms with E-state index in [1.54, 1.807) is 6.07 Å². The molecule has 0 spiro atoms. The van der Waals surface area contributed by atoms with Gasteiger partial charge in [0.1, 0.15) is 5.75 Å². The molecular formula is C25H23N3O3. The molecule has 1 aromatic heterocycles. The summed E-state index contributed by atoms with van der Waals surface area (Å²) in [6, 6.07) is 24.3. The fourth-order valence-electron chi connectivity index (χ4n) is 3.50. The number of hydrogen-bond donors (Lipinski definition) is 1. The van der Waals surface area contributed by atoms with Gasteiger partial charge in [-0.15, -0.1) is 0 Å². The molecule has 4 rings (SSSR count). The summed E-state index contributed by atoms with van der Waals surface area (Å²) in [4.78, 5) is 25.2. The third kappa shape index (κ3) is 4.48. The summed E-state index contributed by atoms with van der Waals surface area (Å²) in [7, 11) is 0. The zero-order chi connectivity index (χ0) is 21.6. The van der Waals surface area contributed by atoms with Crippen LogP contribution in [-0.4, -0.2) is 28.8 Å². The number of carbonyl (C=O) groups excluding carboxylic acids is 1. The zero-order valence-corrected chi connectivity index (χ0v) is 17.2. The van der Waals surface area contributed by atoms with Crippen LogP contribution in [0.4, 0.5) is 0 Å². The fourth-order valence-corrected chi connectivity index (χ4v) is 3.50. The summed E-state index contributed by atoms with van der Waals surface area (Å²) in [5, 5.41) is 9.13. The van der Waals surface area contributed by atoms with E-state index >= 15 is 0 Å². The Labute approximate surface area is 180 Å². The normalized spacial score (nSPS) is 10.7. The number of nitrogens with one attached hydrogen (secondary N) is 1. The van der Waals surface area contributed by atoms with E-state index in [0.717, 1.165) is 16.3 Å². The van der Waals surface area contributed by atoms with Gasteiger partial charge >= 0.3 is 0 Å². The lowest BCUT2D eigenvalue weighted by Crippen LogP contribution is -2.32. The van der Waals surface area contributed by atoms with Crippen LogP contribution in [0.5, 0.6) is 5.75 Å². The minimum atomic E-state index is -0.243. The second-order valence-electron chi connectivity index (χ2n) is 6.99. The quantitative estimate of drug-likeness (QED) is 0.499. The van der Waals surface area contributed by atoms with Crippen molar-refractivity contribution in [2.45, 2.75) is 13.5 Å². The van der Waals surface area contributed by atoms with E-state index in [9.17, 15) is 9.59 Å². The predicted octanol–water partition coefficient (Wildman–Crippen LogP) is 3.89. The largest absolute Gasteiger partial charge is 0.493 e. The number of rotatable bonds is 7. The van der Waals surface area contributed by atoms with Crippen LogP contribution in [0.15, 0.2) is 83.7 Å². The van der Waals surface area contributed by atoms with Gasteiger partial charge in [0.15, 0.2) is 0 Å². The number of nitrogens with zero attached hydrogens (tertiary/aromatic N) is 2. The highest BCUT2D eigenvalue weighted by molar-refractivity contribution is 6.09. The van der Waals surface area contributed by atoms with Gasteiger partial charge in [-0.2, -0.15) is 5.10 Å². The summed E-state index contributed by atoms with van der Waals surface area (Å²) >= 11 is 0. The first-order valence-corrected chi connectivity index (χ1v) is 10.2. The Hall–Kier alpha value is -3.93. The fraction of sp³-hybridized carbons (Fsp3) is 0.160. The highest BCUT2D eigenvalue weighted by Gasteiger charge is 2.16. The second-order valence-corrected chi connectivity index (χ2v) is 6.99. The van der Waals surface area contributed by atoms with E-state index in [-0.39, 0.29) is 24.6 Å². The number of aromatic nitrogens is 2. The topological polar surface area (TPSA) is 73.2 Å². The van der Waals surface area contributed by atoms with Gasteiger partial charge in [0.25, 0.3) is 11.5 Å². The maximum Gasteiger partial charge on any atom is 0.266 e. The first-order valence-electron chi connectivity index (χ1n) is 10.2. The molecule has 6 heteroatoms. The minimum Gasteiger partial charge on any atom is -0.493 e. The van der Waals surface area contributed by atoms with Crippen molar-refractivity contribution in [3.05, 3.63) is 94.8 Å². The minimum absolute atomic E-state index is 0.214. The number of carbonyl (C=O) groups is 1. The van der Waals surface area contributed by atoms with Crippen molar-refractivity contribution in [1.82, 2.24) is 15.1 Å². The molecule has 0 atom stereocenters. The Bertz CT molecular complexity index is 1270. The molecule has 0 aliphatic carbocycles. The SMILES string of the molecule is CCOc1ccc2ccccc2c1C(=O)NCCn1nc(-c2ccccc2)ccc1=O.